The number of benzene rings is 1. The van der Waals surface area contributed by atoms with Crippen LogP contribution >= 0.6 is 0 Å². The fraction of sp³-hybridized carbons (Fsp3) is 0.350. The summed E-state index contributed by atoms with van der Waals surface area (Å²) in [5.41, 5.74) is 8.20. The first kappa shape index (κ1) is 19.0. The molecule has 1 aromatic carbocycles. The van der Waals surface area contributed by atoms with Crippen molar-refractivity contribution in [2.75, 3.05) is 40.3 Å². The zero-order valence-electron chi connectivity index (χ0n) is 15.6. The summed E-state index contributed by atoms with van der Waals surface area (Å²) < 4.78 is 5.86. The molecule has 0 bridgehead atoms. The van der Waals surface area contributed by atoms with Crippen molar-refractivity contribution in [3.05, 3.63) is 53.7 Å². The Morgan fingerprint density at radius 2 is 1.96 bits per heavy atom. The van der Waals surface area contributed by atoms with E-state index >= 15 is 0 Å². The van der Waals surface area contributed by atoms with Gasteiger partial charge in [0.05, 0.1) is 31.1 Å². The van der Waals surface area contributed by atoms with Crippen molar-refractivity contribution in [3.8, 4) is 11.3 Å². The Labute approximate surface area is 158 Å². The normalized spacial score (nSPS) is 17.1. The Bertz CT molecular complexity index is 820. The minimum atomic E-state index is -0.457. The van der Waals surface area contributed by atoms with E-state index in [9.17, 15) is 9.59 Å². The number of likely N-dealkylation sites (N-methyl/N-ethyl adjacent to an activating group) is 1. The molecule has 1 atom stereocenters. The molecule has 27 heavy (non-hydrogen) atoms. The standard InChI is InChI=1S/C20H24N4O3/c1-23(2)13-19(25)24-10-11-27-18(12-24)17-5-3-4-16(22-17)14-6-8-15(9-7-14)20(21)26/h3-9,18H,10-13H2,1-2H3,(H2,21,26). The number of ether oxygens (including phenoxy) is 1. The first-order chi connectivity index (χ1) is 12.9. The number of primary amides is 1. The van der Waals surface area contributed by atoms with Gasteiger partial charge in [-0.3, -0.25) is 9.59 Å². The number of nitrogens with zero attached hydrogens (tertiary/aromatic N) is 3. The Kier molecular flexibility index (Phi) is 5.83. The van der Waals surface area contributed by atoms with E-state index in [1.807, 2.05) is 54.2 Å². The van der Waals surface area contributed by atoms with E-state index in [1.165, 1.54) is 0 Å². The monoisotopic (exact) mass is 368 g/mol. The summed E-state index contributed by atoms with van der Waals surface area (Å²) in [4.78, 5) is 31.9. The van der Waals surface area contributed by atoms with Gasteiger partial charge in [0.15, 0.2) is 0 Å². The lowest BCUT2D eigenvalue weighted by atomic mass is 10.1. The number of pyridine rings is 1. The maximum absolute atomic E-state index is 12.3. The van der Waals surface area contributed by atoms with Gasteiger partial charge >= 0.3 is 0 Å². The number of amides is 2. The average Bonchev–Trinajstić information content (AvgIpc) is 2.68. The van der Waals surface area contributed by atoms with Crippen molar-refractivity contribution in [2.45, 2.75) is 6.10 Å². The Morgan fingerprint density at radius 3 is 2.63 bits per heavy atom. The van der Waals surface area contributed by atoms with Crippen molar-refractivity contribution in [1.82, 2.24) is 14.8 Å². The van der Waals surface area contributed by atoms with Gasteiger partial charge in [-0.15, -0.1) is 0 Å². The van der Waals surface area contributed by atoms with Crippen LogP contribution in [0.15, 0.2) is 42.5 Å². The van der Waals surface area contributed by atoms with Crippen LogP contribution in [0.4, 0.5) is 0 Å². The van der Waals surface area contributed by atoms with E-state index in [-0.39, 0.29) is 12.0 Å². The molecule has 7 heteroatoms. The highest BCUT2D eigenvalue weighted by atomic mass is 16.5. The zero-order chi connectivity index (χ0) is 19.4. The molecule has 2 amide bonds. The maximum Gasteiger partial charge on any atom is 0.248 e. The summed E-state index contributed by atoms with van der Waals surface area (Å²) in [6.07, 6.45) is -0.255. The van der Waals surface area contributed by atoms with Gasteiger partial charge in [0.1, 0.15) is 6.10 Å². The number of rotatable bonds is 5. The number of carbonyl (C=O) groups is 2. The van der Waals surface area contributed by atoms with Crippen LogP contribution in [0.1, 0.15) is 22.2 Å². The Balaban J connectivity index is 1.76. The molecule has 1 aliphatic heterocycles. The van der Waals surface area contributed by atoms with Gasteiger partial charge < -0.3 is 20.3 Å². The third-order valence-corrected chi connectivity index (χ3v) is 4.44. The van der Waals surface area contributed by atoms with E-state index in [0.29, 0.717) is 31.8 Å². The average molecular weight is 368 g/mol. The lowest BCUT2D eigenvalue weighted by Gasteiger charge is -2.33. The van der Waals surface area contributed by atoms with Crippen LogP contribution in [-0.4, -0.2) is 66.9 Å². The van der Waals surface area contributed by atoms with E-state index in [2.05, 4.69) is 0 Å². The largest absolute Gasteiger partial charge is 0.368 e. The van der Waals surface area contributed by atoms with Crippen molar-refractivity contribution < 1.29 is 14.3 Å². The lowest BCUT2D eigenvalue weighted by Crippen LogP contribution is -2.45. The van der Waals surface area contributed by atoms with E-state index in [4.69, 9.17) is 15.5 Å². The molecule has 142 valence electrons. The van der Waals surface area contributed by atoms with Crippen LogP contribution in [0.25, 0.3) is 11.3 Å². The molecular formula is C20H24N4O3. The SMILES string of the molecule is CN(C)CC(=O)N1CCOC(c2cccc(-c3ccc(C(N)=O)cc3)n2)C1. The van der Waals surface area contributed by atoms with Crippen LogP contribution in [-0.2, 0) is 9.53 Å². The van der Waals surface area contributed by atoms with Crippen molar-refractivity contribution in [2.24, 2.45) is 5.73 Å². The molecule has 0 aliphatic carbocycles. The molecular weight excluding hydrogens is 344 g/mol. The predicted octanol–water partition coefficient (Wildman–Crippen LogP) is 1.31. The van der Waals surface area contributed by atoms with Gasteiger partial charge in [-0.2, -0.15) is 0 Å². The molecule has 0 saturated carbocycles. The highest BCUT2D eigenvalue weighted by Crippen LogP contribution is 2.24. The second kappa shape index (κ2) is 8.28. The van der Waals surface area contributed by atoms with E-state index < -0.39 is 5.91 Å². The highest BCUT2D eigenvalue weighted by molar-refractivity contribution is 5.93. The predicted molar refractivity (Wildman–Crippen MR) is 102 cm³/mol. The Hall–Kier alpha value is -2.77. The van der Waals surface area contributed by atoms with Gasteiger partial charge in [0.25, 0.3) is 0 Å². The second-order valence-corrected chi connectivity index (χ2v) is 6.83. The topological polar surface area (TPSA) is 88.8 Å². The molecule has 1 aromatic heterocycles. The molecule has 0 radical (unpaired) electrons. The van der Waals surface area contributed by atoms with Gasteiger partial charge in [0.2, 0.25) is 11.8 Å². The van der Waals surface area contributed by atoms with Crippen molar-refractivity contribution >= 4 is 11.8 Å². The van der Waals surface area contributed by atoms with Crippen LogP contribution in [0.5, 0.6) is 0 Å². The molecule has 7 nitrogen and oxygen atoms in total. The second-order valence-electron chi connectivity index (χ2n) is 6.83. The molecule has 1 saturated heterocycles. The summed E-state index contributed by atoms with van der Waals surface area (Å²) in [5, 5.41) is 0. The minimum Gasteiger partial charge on any atom is -0.368 e. The third-order valence-electron chi connectivity index (χ3n) is 4.44. The molecule has 2 N–H and O–H groups in total. The van der Waals surface area contributed by atoms with Gasteiger partial charge in [-0.05, 0) is 38.4 Å². The molecule has 1 unspecified atom stereocenters. The zero-order valence-corrected chi connectivity index (χ0v) is 15.6. The number of hydrogen-bond donors (Lipinski definition) is 1. The molecule has 2 heterocycles. The molecule has 1 aliphatic rings. The third kappa shape index (κ3) is 4.69. The summed E-state index contributed by atoms with van der Waals surface area (Å²) in [6.45, 7) is 1.95. The smallest absolute Gasteiger partial charge is 0.248 e. The number of aromatic nitrogens is 1. The van der Waals surface area contributed by atoms with E-state index in [1.54, 1.807) is 12.1 Å². The fourth-order valence-electron chi connectivity index (χ4n) is 3.02. The number of nitrogens with two attached hydrogens (primary N) is 1. The van der Waals surface area contributed by atoms with Crippen LogP contribution < -0.4 is 5.73 Å². The Morgan fingerprint density at radius 1 is 1.22 bits per heavy atom. The molecule has 0 spiro atoms. The molecule has 3 rings (SSSR count). The molecule has 2 aromatic rings. The maximum atomic E-state index is 12.3. The number of morpholine rings is 1. The first-order valence-corrected chi connectivity index (χ1v) is 8.85. The summed E-state index contributed by atoms with van der Waals surface area (Å²) >= 11 is 0. The quantitative estimate of drug-likeness (QED) is 0.860. The van der Waals surface area contributed by atoms with E-state index in [0.717, 1.165) is 17.0 Å². The van der Waals surface area contributed by atoms with Crippen molar-refractivity contribution in [1.29, 1.82) is 0 Å². The lowest BCUT2D eigenvalue weighted by molar-refractivity contribution is -0.139. The molecule has 1 fully saturated rings. The van der Waals surface area contributed by atoms with Gasteiger partial charge in [0, 0.05) is 17.7 Å². The van der Waals surface area contributed by atoms with Crippen molar-refractivity contribution in [3.63, 3.8) is 0 Å². The summed E-state index contributed by atoms with van der Waals surface area (Å²) in [7, 11) is 3.76. The fourth-order valence-corrected chi connectivity index (χ4v) is 3.02. The number of hydrogen-bond acceptors (Lipinski definition) is 5. The minimum absolute atomic E-state index is 0.0893. The van der Waals surface area contributed by atoms with Crippen LogP contribution in [0, 0.1) is 0 Å². The summed E-state index contributed by atoms with van der Waals surface area (Å²) in [6, 6.07) is 12.7. The number of carbonyl (C=O) groups excluding carboxylic acids is 2. The first-order valence-electron chi connectivity index (χ1n) is 8.85. The van der Waals surface area contributed by atoms with Gasteiger partial charge in [-0.1, -0.05) is 18.2 Å². The van der Waals surface area contributed by atoms with Gasteiger partial charge in [-0.25, -0.2) is 4.98 Å². The van der Waals surface area contributed by atoms with Crippen LogP contribution in [0.3, 0.4) is 0 Å². The summed E-state index contributed by atoms with van der Waals surface area (Å²) in [5.74, 6) is -0.368. The highest BCUT2D eigenvalue weighted by Gasteiger charge is 2.26. The van der Waals surface area contributed by atoms with Crippen LogP contribution in [0.2, 0.25) is 0 Å².